The zero-order valence-electron chi connectivity index (χ0n) is 20.0. The molecule has 0 amide bonds. The summed E-state index contributed by atoms with van der Waals surface area (Å²) in [6.45, 7) is 7.27. The minimum absolute atomic E-state index is 0.506. The summed E-state index contributed by atoms with van der Waals surface area (Å²) >= 11 is 2.02. The van der Waals surface area contributed by atoms with E-state index in [9.17, 15) is 5.26 Å². The Labute approximate surface area is 210 Å². The quantitative estimate of drug-likeness (QED) is 0.357. The Hall–Kier alpha value is -3.60. The van der Waals surface area contributed by atoms with Gasteiger partial charge in [0.05, 0.1) is 16.9 Å². The smallest absolute Gasteiger partial charge is 0.103 e. The fraction of sp³-hybridized carbons (Fsp3) is 0.250. The third kappa shape index (κ3) is 5.09. The van der Waals surface area contributed by atoms with Crippen LogP contribution in [-0.2, 0) is 6.54 Å². The molecular formula is C28H28N6S. The molecule has 0 radical (unpaired) electrons. The summed E-state index contributed by atoms with van der Waals surface area (Å²) in [7, 11) is 0. The molecule has 0 aliphatic carbocycles. The standard InChI is InChI=1S/C28H28N6S/c1-19-24-9-10-30-27(24)8-7-26(19)33-28-22(15-29)17-31-20(2)25(28)6-5-23-4-3-21(16-32-23)18-34-11-13-35-14-12-34/h3-10,16-17,30H,11-14,18H2,1-2H3,(H,31,33). The first-order valence-electron chi connectivity index (χ1n) is 11.8. The molecule has 4 aromatic rings. The van der Waals surface area contributed by atoms with E-state index in [-0.39, 0.29) is 0 Å². The maximum Gasteiger partial charge on any atom is 0.103 e. The first-order chi connectivity index (χ1) is 17.1. The van der Waals surface area contributed by atoms with Gasteiger partial charge in [-0.15, -0.1) is 0 Å². The number of rotatable bonds is 6. The molecule has 176 valence electrons. The highest BCUT2D eigenvalue weighted by Gasteiger charge is 2.14. The van der Waals surface area contributed by atoms with E-state index in [1.165, 1.54) is 17.1 Å². The number of H-pyrrole nitrogens is 1. The van der Waals surface area contributed by atoms with E-state index in [0.717, 1.165) is 64.4 Å². The maximum absolute atomic E-state index is 9.79. The highest BCUT2D eigenvalue weighted by Crippen LogP contribution is 2.32. The molecule has 6 nitrogen and oxygen atoms in total. The molecule has 5 rings (SSSR count). The van der Waals surface area contributed by atoms with Crippen LogP contribution < -0.4 is 5.32 Å². The van der Waals surface area contributed by atoms with Crippen molar-refractivity contribution < 1.29 is 0 Å². The van der Waals surface area contributed by atoms with Gasteiger partial charge in [-0.3, -0.25) is 14.9 Å². The molecule has 0 spiro atoms. The van der Waals surface area contributed by atoms with E-state index in [1.54, 1.807) is 6.20 Å². The summed E-state index contributed by atoms with van der Waals surface area (Å²) in [5, 5.41) is 14.5. The molecule has 0 atom stereocenters. The minimum atomic E-state index is 0.506. The Morgan fingerprint density at radius 2 is 1.94 bits per heavy atom. The number of benzene rings is 1. The van der Waals surface area contributed by atoms with Crippen molar-refractivity contribution in [2.24, 2.45) is 0 Å². The van der Waals surface area contributed by atoms with Crippen molar-refractivity contribution in [3.05, 3.63) is 82.6 Å². The number of hydrogen-bond donors (Lipinski definition) is 2. The van der Waals surface area contributed by atoms with Crippen molar-refractivity contribution in [1.82, 2.24) is 19.9 Å². The lowest BCUT2D eigenvalue weighted by molar-refractivity contribution is 0.294. The average molecular weight is 481 g/mol. The van der Waals surface area contributed by atoms with Gasteiger partial charge in [0.2, 0.25) is 0 Å². The summed E-state index contributed by atoms with van der Waals surface area (Å²) in [6, 6.07) is 12.7. The zero-order chi connectivity index (χ0) is 24.2. The second-order valence-corrected chi connectivity index (χ2v) is 10.00. The van der Waals surface area contributed by atoms with E-state index in [4.69, 9.17) is 0 Å². The molecule has 1 fully saturated rings. The van der Waals surface area contributed by atoms with E-state index in [2.05, 4.69) is 62.4 Å². The lowest BCUT2D eigenvalue weighted by Gasteiger charge is -2.25. The van der Waals surface area contributed by atoms with Crippen molar-refractivity contribution in [2.75, 3.05) is 29.9 Å². The second kappa shape index (κ2) is 10.3. The number of pyridine rings is 2. The SMILES string of the molecule is Cc1ncc(C#N)c(Nc2ccc3[nH]ccc3c2C)c1C=Cc1ccc(CN2CCSCC2)cn1. The first kappa shape index (κ1) is 23.2. The zero-order valence-corrected chi connectivity index (χ0v) is 20.8. The largest absolute Gasteiger partial charge is 0.361 e. The maximum atomic E-state index is 9.79. The van der Waals surface area contributed by atoms with Gasteiger partial charge in [-0.05, 0) is 61.4 Å². The number of thioether (sulfide) groups is 1. The van der Waals surface area contributed by atoms with Crippen LogP contribution in [0.1, 0.15) is 33.6 Å². The number of hydrogen-bond acceptors (Lipinski definition) is 6. The Morgan fingerprint density at radius 1 is 1.09 bits per heavy atom. The number of aryl methyl sites for hydroxylation is 2. The highest BCUT2D eigenvalue weighted by molar-refractivity contribution is 7.99. The third-order valence-electron chi connectivity index (χ3n) is 6.48. The van der Waals surface area contributed by atoms with Gasteiger partial charge in [-0.2, -0.15) is 17.0 Å². The lowest BCUT2D eigenvalue weighted by Crippen LogP contribution is -2.31. The molecular weight excluding hydrogens is 452 g/mol. The van der Waals surface area contributed by atoms with E-state index in [1.807, 2.05) is 49.3 Å². The Morgan fingerprint density at radius 3 is 2.71 bits per heavy atom. The van der Waals surface area contributed by atoms with Crippen molar-refractivity contribution in [2.45, 2.75) is 20.4 Å². The summed E-state index contributed by atoms with van der Waals surface area (Å²) in [6.07, 6.45) is 9.52. The Kier molecular flexibility index (Phi) is 6.84. The molecule has 4 heterocycles. The number of nitrogens with one attached hydrogen (secondary N) is 2. The first-order valence-corrected chi connectivity index (χ1v) is 12.9. The van der Waals surface area contributed by atoms with E-state index < -0.39 is 0 Å². The van der Waals surface area contributed by atoms with Gasteiger partial charge in [0.15, 0.2) is 0 Å². The molecule has 7 heteroatoms. The van der Waals surface area contributed by atoms with Gasteiger partial charge in [0, 0.05) is 77.6 Å². The van der Waals surface area contributed by atoms with E-state index in [0.29, 0.717) is 5.56 Å². The predicted octanol–water partition coefficient (Wildman–Crippen LogP) is 5.91. The van der Waals surface area contributed by atoms with Crippen molar-refractivity contribution in [1.29, 1.82) is 5.26 Å². The van der Waals surface area contributed by atoms with Crippen LogP contribution in [0.15, 0.2) is 48.9 Å². The third-order valence-corrected chi connectivity index (χ3v) is 7.42. The summed E-state index contributed by atoms with van der Waals surface area (Å²) in [5.41, 5.74) is 8.29. The lowest BCUT2D eigenvalue weighted by atomic mass is 10.0. The second-order valence-electron chi connectivity index (χ2n) is 8.77. The number of nitrogens with zero attached hydrogens (tertiary/aromatic N) is 4. The molecule has 1 aliphatic rings. The number of fused-ring (bicyclic) bond motifs is 1. The summed E-state index contributed by atoms with van der Waals surface area (Å²) < 4.78 is 0. The monoisotopic (exact) mass is 480 g/mol. The molecule has 1 saturated heterocycles. The van der Waals surface area contributed by atoms with Gasteiger partial charge in [0.1, 0.15) is 6.07 Å². The van der Waals surface area contributed by atoms with Crippen LogP contribution in [0.2, 0.25) is 0 Å². The fourth-order valence-electron chi connectivity index (χ4n) is 4.41. The molecule has 0 unspecified atom stereocenters. The van der Waals surface area contributed by atoms with Crippen LogP contribution in [0.4, 0.5) is 11.4 Å². The van der Waals surface area contributed by atoms with Crippen LogP contribution in [0.3, 0.4) is 0 Å². The van der Waals surface area contributed by atoms with Gasteiger partial charge < -0.3 is 10.3 Å². The number of nitriles is 1. The molecule has 2 N–H and O–H groups in total. The van der Waals surface area contributed by atoms with E-state index >= 15 is 0 Å². The Bertz CT molecular complexity index is 1410. The Balaban J connectivity index is 1.41. The average Bonchev–Trinajstić information content (AvgIpc) is 3.37. The van der Waals surface area contributed by atoms with Crippen molar-refractivity contribution in [3.63, 3.8) is 0 Å². The van der Waals surface area contributed by atoms with Crippen LogP contribution in [0.25, 0.3) is 23.1 Å². The predicted molar refractivity (Wildman–Crippen MR) is 146 cm³/mol. The van der Waals surface area contributed by atoms with Crippen molar-refractivity contribution >= 4 is 46.2 Å². The molecule has 0 bridgehead atoms. The van der Waals surface area contributed by atoms with Gasteiger partial charge >= 0.3 is 0 Å². The minimum Gasteiger partial charge on any atom is -0.361 e. The topological polar surface area (TPSA) is 80.6 Å². The number of aromatic nitrogens is 3. The number of aromatic amines is 1. The van der Waals surface area contributed by atoms with Crippen LogP contribution in [0.5, 0.6) is 0 Å². The number of anilines is 2. The van der Waals surface area contributed by atoms with Crippen molar-refractivity contribution in [3.8, 4) is 6.07 Å². The van der Waals surface area contributed by atoms with Gasteiger partial charge in [-0.25, -0.2) is 0 Å². The molecule has 1 aromatic carbocycles. The van der Waals surface area contributed by atoms with Gasteiger partial charge in [0.25, 0.3) is 0 Å². The van der Waals surface area contributed by atoms with Crippen LogP contribution in [-0.4, -0.2) is 44.4 Å². The highest BCUT2D eigenvalue weighted by atomic mass is 32.2. The normalized spacial score (nSPS) is 14.4. The molecule has 0 saturated carbocycles. The summed E-state index contributed by atoms with van der Waals surface area (Å²) in [5.74, 6) is 2.41. The molecule has 3 aromatic heterocycles. The van der Waals surface area contributed by atoms with Crippen LogP contribution in [0, 0.1) is 25.2 Å². The van der Waals surface area contributed by atoms with Crippen LogP contribution >= 0.6 is 11.8 Å². The fourth-order valence-corrected chi connectivity index (χ4v) is 5.39. The van der Waals surface area contributed by atoms with Gasteiger partial charge in [-0.1, -0.05) is 6.07 Å². The summed E-state index contributed by atoms with van der Waals surface area (Å²) in [4.78, 5) is 14.9. The molecule has 1 aliphatic heterocycles. The molecule has 35 heavy (non-hydrogen) atoms.